The fourth-order valence-corrected chi connectivity index (χ4v) is 1.57. The van der Waals surface area contributed by atoms with Crippen LogP contribution in [0, 0.1) is 0 Å². The van der Waals surface area contributed by atoms with Crippen molar-refractivity contribution in [2.24, 2.45) is 5.84 Å². The molecule has 0 saturated carbocycles. The van der Waals surface area contributed by atoms with E-state index in [9.17, 15) is 13.2 Å². The Bertz CT molecular complexity index is 587. The van der Waals surface area contributed by atoms with Crippen LogP contribution in [0.2, 0.25) is 0 Å². The molecule has 1 aromatic carbocycles. The molecule has 0 atom stereocenters. The van der Waals surface area contributed by atoms with Crippen LogP contribution in [-0.2, 0) is 12.8 Å². The van der Waals surface area contributed by atoms with Gasteiger partial charge in [0.25, 0.3) is 0 Å². The zero-order valence-corrected chi connectivity index (χ0v) is 10.3. The molecule has 0 saturated heterocycles. The van der Waals surface area contributed by atoms with E-state index in [0.29, 0.717) is 5.82 Å². The van der Waals surface area contributed by atoms with Crippen molar-refractivity contribution < 1.29 is 17.9 Å². The topological polar surface area (TPSA) is 60.2 Å². The molecule has 1 aromatic heterocycles. The quantitative estimate of drug-likeness (QED) is 0.669. The van der Waals surface area contributed by atoms with E-state index in [0.717, 1.165) is 17.7 Å². The van der Waals surface area contributed by atoms with Crippen LogP contribution in [0.5, 0.6) is 5.75 Å². The molecule has 3 N–H and O–H groups in total. The van der Waals surface area contributed by atoms with E-state index >= 15 is 0 Å². The number of nitrogens with two attached hydrogens (primary N) is 1. The van der Waals surface area contributed by atoms with Crippen LogP contribution < -0.4 is 16.0 Å². The third-order valence-corrected chi connectivity index (χ3v) is 2.54. The van der Waals surface area contributed by atoms with Gasteiger partial charge in [-0.25, -0.2) is 10.8 Å². The number of alkyl halides is 3. The Morgan fingerprint density at radius 2 is 2.00 bits per heavy atom. The number of pyridine rings is 1. The van der Waals surface area contributed by atoms with Crippen molar-refractivity contribution in [1.82, 2.24) is 4.98 Å². The monoisotopic (exact) mass is 283 g/mol. The normalized spacial score (nSPS) is 11.2. The van der Waals surface area contributed by atoms with Crippen molar-refractivity contribution >= 4 is 5.82 Å². The van der Waals surface area contributed by atoms with Crippen LogP contribution >= 0.6 is 0 Å². The average molecular weight is 283 g/mol. The van der Waals surface area contributed by atoms with Crippen molar-refractivity contribution in [3.05, 3.63) is 53.7 Å². The number of ether oxygens (including phenoxy) is 1. The van der Waals surface area contributed by atoms with Gasteiger partial charge in [-0.2, -0.15) is 13.2 Å². The summed E-state index contributed by atoms with van der Waals surface area (Å²) >= 11 is 0. The number of hydrogen-bond acceptors (Lipinski definition) is 4. The fourth-order valence-electron chi connectivity index (χ4n) is 1.57. The summed E-state index contributed by atoms with van der Waals surface area (Å²) in [5, 5.41) is 0. The van der Waals surface area contributed by atoms with Gasteiger partial charge in [-0.1, -0.05) is 6.07 Å². The van der Waals surface area contributed by atoms with Gasteiger partial charge in [0.1, 0.15) is 18.2 Å². The lowest BCUT2D eigenvalue weighted by atomic mass is 10.2. The Labute approximate surface area is 113 Å². The van der Waals surface area contributed by atoms with E-state index in [2.05, 4.69) is 10.4 Å². The van der Waals surface area contributed by atoms with Crippen molar-refractivity contribution in [2.45, 2.75) is 12.8 Å². The standard InChI is InChI=1S/C13H12F3N3O/c14-13(15,16)10-2-1-3-11(7-10)20-8-9-4-5-18-12(6-9)19-17/h1-7H,8,17H2,(H,18,19). The van der Waals surface area contributed by atoms with Gasteiger partial charge in [-0.15, -0.1) is 0 Å². The molecule has 7 heteroatoms. The van der Waals surface area contributed by atoms with Gasteiger partial charge in [-0.05, 0) is 35.9 Å². The number of anilines is 1. The van der Waals surface area contributed by atoms with Gasteiger partial charge in [-0.3, -0.25) is 0 Å². The van der Waals surface area contributed by atoms with Gasteiger partial charge in [0.2, 0.25) is 0 Å². The van der Waals surface area contributed by atoms with Gasteiger partial charge in [0.05, 0.1) is 5.56 Å². The zero-order chi connectivity index (χ0) is 14.6. The highest BCUT2D eigenvalue weighted by molar-refractivity contribution is 5.36. The number of aromatic nitrogens is 1. The highest BCUT2D eigenvalue weighted by Crippen LogP contribution is 2.31. The maximum atomic E-state index is 12.5. The Balaban J connectivity index is 2.07. The summed E-state index contributed by atoms with van der Waals surface area (Å²) in [6.45, 7) is 0.124. The third kappa shape index (κ3) is 3.61. The highest BCUT2D eigenvalue weighted by Gasteiger charge is 2.30. The van der Waals surface area contributed by atoms with Gasteiger partial charge < -0.3 is 10.2 Å². The second kappa shape index (κ2) is 5.79. The molecule has 1 heterocycles. The first kappa shape index (κ1) is 14.1. The molecule has 2 aromatic rings. The molecular formula is C13H12F3N3O. The van der Waals surface area contributed by atoms with Crippen LogP contribution in [0.4, 0.5) is 19.0 Å². The predicted octanol–water partition coefficient (Wildman–Crippen LogP) is 2.97. The number of hydrogen-bond donors (Lipinski definition) is 2. The maximum Gasteiger partial charge on any atom is 0.416 e. The van der Waals surface area contributed by atoms with Crippen LogP contribution in [0.15, 0.2) is 42.6 Å². The Hall–Kier alpha value is -2.28. The minimum Gasteiger partial charge on any atom is -0.489 e. The highest BCUT2D eigenvalue weighted by atomic mass is 19.4. The summed E-state index contributed by atoms with van der Waals surface area (Å²) in [5.41, 5.74) is 2.38. The molecule has 4 nitrogen and oxygen atoms in total. The molecule has 0 radical (unpaired) electrons. The van der Waals surface area contributed by atoms with Crippen LogP contribution in [0.1, 0.15) is 11.1 Å². The molecule has 0 amide bonds. The lowest BCUT2D eigenvalue weighted by Gasteiger charge is -2.10. The molecular weight excluding hydrogens is 271 g/mol. The summed E-state index contributed by atoms with van der Waals surface area (Å²) in [4.78, 5) is 3.92. The van der Waals surface area contributed by atoms with Gasteiger partial charge in [0.15, 0.2) is 0 Å². The minimum atomic E-state index is -4.38. The molecule has 0 fully saturated rings. The van der Waals surface area contributed by atoms with Crippen LogP contribution in [0.25, 0.3) is 0 Å². The smallest absolute Gasteiger partial charge is 0.416 e. The first-order chi connectivity index (χ1) is 9.49. The van der Waals surface area contributed by atoms with Gasteiger partial charge in [0, 0.05) is 6.20 Å². The molecule has 0 spiro atoms. The van der Waals surface area contributed by atoms with Crippen LogP contribution in [0.3, 0.4) is 0 Å². The number of nitrogens with zero attached hydrogens (tertiary/aromatic N) is 1. The van der Waals surface area contributed by atoms with E-state index in [1.807, 2.05) is 0 Å². The summed E-state index contributed by atoms with van der Waals surface area (Å²) in [6, 6.07) is 8.07. The second-order valence-electron chi connectivity index (χ2n) is 4.01. The van der Waals surface area contributed by atoms with Crippen molar-refractivity contribution in [1.29, 1.82) is 0 Å². The number of nitrogen functional groups attached to an aromatic ring is 1. The molecule has 0 bridgehead atoms. The molecule has 0 aliphatic rings. The van der Waals surface area contributed by atoms with Crippen molar-refractivity contribution in [2.75, 3.05) is 5.43 Å². The third-order valence-electron chi connectivity index (χ3n) is 2.54. The SMILES string of the molecule is NNc1cc(COc2cccc(C(F)(F)F)c2)ccn1. The minimum absolute atomic E-state index is 0.124. The second-order valence-corrected chi connectivity index (χ2v) is 4.01. The van der Waals surface area contributed by atoms with E-state index in [4.69, 9.17) is 10.6 Å². The van der Waals surface area contributed by atoms with E-state index in [1.165, 1.54) is 18.3 Å². The molecule has 106 valence electrons. The summed E-state index contributed by atoms with van der Waals surface area (Å²) in [5.74, 6) is 5.82. The molecule has 0 aliphatic carbocycles. The molecule has 2 rings (SSSR count). The van der Waals surface area contributed by atoms with Gasteiger partial charge >= 0.3 is 6.18 Å². The lowest BCUT2D eigenvalue weighted by molar-refractivity contribution is -0.137. The van der Waals surface area contributed by atoms with E-state index in [1.54, 1.807) is 12.1 Å². The number of hydrazine groups is 1. The predicted molar refractivity (Wildman–Crippen MR) is 67.8 cm³/mol. The Morgan fingerprint density at radius 1 is 1.20 bits per heavy atom. The summed E-state index contributed by atoms with van der Waals surface area (Å²) in [6.07, 6.45) is -2.85. The maximum absolute atomic E-state index is 12.5. The van der Waals surface area contributed by atoms with Crippen LogP contribution in [-0.4, -0.2) is 4.98 Å². The molecule has 0 aliphatic heterocycles. The van der Waals surface area contributed by atoms with E-state index in [-0.39, 0.29) is 12.4 Å². The Morgan fingerprint density at radius 3 is 2.70 bits per heavy atom. The molecule has 0 unspecified atom stereocenters. The Kier molecular flexibility index (Phi) is 4.09. The van der Waals surface area contributed by atoms with Crippen molar-refractivity contribution in [3.8, 4) is 5.75 Å². The summed E-state index contributed by atoms with van der Waals surface area (Å²) in [7, 11) is 0. The largest absolute Gasteiger partial charge is 0.489 e. The lowest BCUT2D eigenvalue weighted by Crippen LogP contribution is -2.09. The number of halogens is 3. The molecule has 20 heavy (non-hydrogen) atoms. The summed E-state index contributed by atoms with van der Waals surface area (Å²) < 4.78 is 43.0. The first-order valence-electron chi connectivity index (χ1n) is 5.70. The zero-order valence-electron chi connectivity index (χ0n) is 10.3. The fraction of sp³-hybridized carbons (Fsp3) is 0.154. The number of rotatable bonds is 4. The number of benzene rings is 1. The average Bonchev–Trinajstić information content (AvgIpc) is 2.45. The number of nitrogens with one attached hydrogen (secondary N) is 1. The van der Waals surface area contributed by atoms with E-state index < -0.39 is 11.7 Å². The first-order valence-corrected chi connectivity index (χ1v) is 5.70. The van der Waals surface area contributed by atoms with Crippen molar-refractivity contribution in [3.63, 3.8) is 0 Å².